The molecule has 0 amide bonds. The number of benzene rings is 2. The van der Waals surface area contributed by atoms with Crippen LogP contribution in [0.2, 0.25) is 5.02 Å². The lowest BCUT2D eigenvalue weighted by molar-refractivity contribution is 0.407. The standard InChI is InChI=1S/C18H18ClFN4O3S/c1-3-24-17(21-22-18(24)27-14-10-8-13(20)9-11-14)12(2)23-28(25,26)16-7-5-4-6-15(16)19/h4-12,23H,3H2,1-2H3/t12-/m1/s1. The summed E-state index contributed by atoms with van der Waals surface area (Å²) in [5, 5.41) is 8.16. The molecule has 1 N–H and O–H groups in total. The van der Waals surface area contributed by atoms with Crippen molar-refractivity contribution in [3.8, 4) is 11.8 Å². The molecule has 0 saturated heterocycles. The fourth-order valence-corrected chi connectivity index (χ4v) is 4.33. The predicted molar refractivity (Wildman–Crippen MR) is 102 cm³/mol. The van der Waals surface area contributed by atoms with Crippen molar-refractivity contribution in [3.63, 3.8) is 0 Å². The van der Waals surface area contributed by atoms with Crippen LogP contribution in [0.15, 0.2) is 53.4 Å². The second-order valence-electron chi connectivity index (χ2n) is 5.91. The summed E-state index contributed by atoms with van der Waals surface area (Å²) in [5.41, 5.74) is 0. The van der Waals surface area contributed by atoms with E-state index in [1.807, 2.05) is 6.92 Å². The first kappa shape index (κ1) is 20.2. The zero-order valence-corrected chi connectivity index (χ0v) is 16.7. The lowest BCUT2D eigenvalue weighted by Crippen LogP contribution is -2.29. The van der Waals surface area contributed by atoms with Gasteiger partial charge in [0.1, 0.15) is 16.5 Å². The molecule has 0 aliphatic heterocycles. The van der Waals surface area contributed by atoms with Gasteiger partial charge in [0, 0.05) is 6.54 Å². The second kappa shape index (κ2) is 8.26. The summed E-state index contributed by atoms with van der Waals surface area (Å²) in [4.78, 5) is -0.0196. The van der Waals surface area contributed by atoms with Gasteiger partial charge in [0.25, 0.3) is 0 Å². The molecule has 0 aliphatic rings. The summed E-state index contributed by atoms with van der Waals surface area (Å²) in [7, 11) is -3.86. The van der Waals surface area contributed by atoms with Crippen molar-refractivity contribution in [2.24, 2.45) is 0 Å². The summed E-state index contributed by atoms with van der Waals surface area (Å²) in [6.07, 6.45) is 0. The Balaban J connectivity index is 1.84. The third-order valence-electron chi connectivity index (χ3n) is 3.93. The molecule has 148 valence electrons. The Morgan fingerprint density at radius 3 is 2.50 bits per heavy atom. The molecule has 0 fully saturated rings. The zero-order chi connectivity index (χ0) is 20.3. The van der Waals surface area contributed by atoms with E-state index >= 15 is 0 Å². The molecule has 10 heteroatoms. The Bertz CT molecular complexity index is 1070. The number of halogens is 2. The highest BCUT2D eigenvalue weighted by atomic mass is 35.5. The Morgan fingerprint density at radius 2 is 1.86 bits per heavy atom. The Hall–Kier alpha value is -2.49. The normalized spacial score (nSPS) is 12.7. The van der Waals surface area contributed by atoms with Crippen LogP contribution < -0.4 is 9.46 Å². The van der Waals surface area contributed by atoms with Gasteiger partial charge in [0.2, 0.25) is 10.0 Å². The molecule has 3 aromatic rings. The van der Waals surface area contributed by atoms with Crippen molar-refractivity contribution >= 4 is 21.6 Å². The van der Waals surface area contributed by atoms with E-state index in [0.717, 1.165) is 0 Å². The first-order valence-electron chi connectivity index (χ1n) is 8.45. The molecular weight excluding hydrogens is 407 g/mol. The lowest BCUT2D eigenvalue weighted by Gasteiger charge is -2.16. The van der Waals surface area contributed by atoms with Crippen LogP contribution in [0, 0.1) is 5.82 Å². The fourth-order valence-electron chi connectivity index (χ4n) is 2.61. The minimum atomic E-state index is -3.86. The number of sulfonamides is 1. The van der Waals surface area contributed by atoms with E-state index in [1.54, 1.807) is 23.6 Å². The smallest absolute Gasteiger partial charge is 0.322 e. The van der Waals surface area contributed by atoms with Crippen LogP contribution in [0.5, 0.6) is 11.8 Å². The minimum Gasteiger partial charge on any atom is -0.424 e. The summed E-state index contributed by atoms with van der Waals surface area (Å²) < 4.78 is 48.2. The first-order valence-corrected chi connectivity index (χ1v) is 10.3. The first-order chi connectivity index (χ1) is 13.3. The van der Waals surface area contributed by atoms with Gasteiger partial charge in [-0.2, -0.15) is 0 Å². The van der Waals surface area contributed by atoms with Gasteiger partial charge in [0.15, 0.2) is 5.82 Å². The molecule has 0 aliphatic carbocycles. The van der Waals surface area contributed by atoms with Gasteiger partial charge in [-0.15, -0.1) is 5.10 Å². The molecule has 0 saturated carbocycles. The third kappa shape index (κ3) is 4.32. The molecular formula is C18H18ClFN4O3S. The van der Waals surface area contributed by atoms with Gasteiger partial charge >= 0.3 is 6.01 Å². The number of hydrogen-bond donors (Lipinski definition) is 1. The predicted octanol–water partition coefficient (Wildman–Crippen LogP) is 3.92. The van der Waals surface area contributed by atoms with E-state index in [2.05, 4.69) is 14.9 Å². The van der Waals surface area contributed by atoms with Crippen LogP contribution in [0.25, 0.3) is 0 Å². The van der Waals surface area contributed by atoms with Crippen molar-refractivity contribution in [3.05, 3.63) is 65.2 Å². The molecule has 3 rings (SSSR count). The highest BCUT2D eigenvalue weighted by Gasteiger charge is 2.25. The number of nitrogens with one attached hydrogen (secondary N) is 1. The molecule has 0 bridgehead atoms. The topological polar surface area (TPSA) is 86.1 Å². The highest BCUT2D eigenvalue weighted by Crippen LogP contribution is 2.25. The zero-order valence-electron chi connectivity index (χ0n) is 15.1. The second-order valence-corrected chi connectivity index (χ2v) is 8.00. The SMILES string of the molecule is CCn1c(Oc2ccc(F)cc2)nnc1[C@@H](C)NS(=O)(=O)c1ccccc1Cl. The molecule has 1 heterocycles. The molecule has 0 unspecified atom stereocenters. The largest absolute Gasteiger partial charge is 0.424 e. The van der Waals surface area contributed by atoms with Crippen LogP contribution in [-0.4, -0.2) is 23.2 Å². The van der Waals surface area contributed by atoms with E-state index in [0.29, 0.717) is 18.1 Å². The average Bonchev–Trinajstić information content (AvgIpc) is 3.06. The summed E-state index contributed by atoms with van der Waals surface area (Å²) in [5.74, 6) is 0.377. The van der Waals surface area contributed by atoms with Crippen molar-refractivity contribution < 1.29 is 17.5 Å². The lowest BCUT2D eigenvalue weighted by atomic mass is 10.3. The highest BCUT2D eigenvalue weighted by molar-refractivity contribution is 7.89. The van der Waals surface area contributed by atoms with Gasteiger partial charge in [-0.05, 0) is 50.2 Å². The quantitative estimate of drug-likeness (QED) is 0.621. The fraction of sp³-hybridized carbons (Fsp3) is 0.222. The summed E-state index contributed by atoms with van der Waals surface area (Å²) >= 11 is 6.00. The Kier molecular flexibility index (Phi) is 5.97. The molecule has 0 spiro atoms. The van der Waals surface area contributed by atoms with Gasteiger partial charge < -0.3 is 4.74 Å². The summed E-state index contributed by atoms with van der Waals surface area (Å²) in [6, 6.07) is 11.1. The molecule has 28 heavy (non-hydrogen) atoms. The Labute approximate surface area is 167 Å². The van der Waals surface area contributed by atoms with E-state index < -0.39 is 16.1 Å². The molecule has 7 nitrogen and oxygen atoms in total. The minimum absolute atomic E-state index is 0.0196. The van der Waals surface area contributed by atoms with Gasteiger partial charge in [-0.25, -0.2) is 17.5 Å². The number of nitrogens with zero attached hydrogens (tertiary/aromatic N) is 3. The van der Waals surface area contributed by atoms with Crippen LogP contribution in [-0.2, 0) is 16.6 Å². The molecule has 2 aromatic carbocycles. The number of rotatable bonds is 7. The maximum atomic E-state index is 13.0. The summed E-state index contributed by atoms with van der Waals surface area (Å²) in [6.45, 7) is 3.93. The molecule has 1 atom stereocenters. The van der Waals surface area contributed by atoms with Crippen molar-refractivity contribution in [1.29, 1.82) is 0 Å². The van der Waals surface area contributed by atoms with Crippen LogP contribution >= 0.6 is 11.6 Å². The number of hydrogen-bond acceptors (Lipinski definition) is 5. The van der Waals surface area contributed by atoms with Crippen LogP contribution in [0.4, 0.5) is 4.39 Å². The average molecular weight is 425 g/mol. The monoisotopic (exact) mass is 424 g/mol. The maximum absolute atomic E-state index is 13.0. The Morgan fingerprint density at radius 1 is 1.18 bits per heavy atom. The number of aromatic nitrogens is 3. The van der Waals surface area contributed by atoms with E-state index in [1.165, 1.54) is 36.4 Å². The maximum Gasteiger partial charge on any atom is 0.322 e. The van der Waals surface area contributed by atoms with Gasteiger partial charge in [0.05, 0.1) is 11.1 Å². The van der Waals surface area contributed by atoms with E-state index in [9.17, 15) is 12.8 Å². The molecule has 0 radical (unpaired) electrons. The van der Waals surface area contributed by atoms with Crippen LogP contribution in [0.3, 0.4) is 0 Å². The van der Waals surface area contributed by atoms with E-state index in [-0.39, 0.29) is 21.7 Å². The van der Waals surface area contributed by atoms with Gasteiger partial charge in [-0.1, -0.05) is 28.8 Å². The molecule has 1 aromatic heterocycles. The van der Waals surface area contributed by atoms with Crippen molar-refractivity contribution in [2.45, 2.75) is 31.3 Å². The third-order valence-corrected chi connectivity index (χ3v) is 5.97. The van der Waals surface area contributed by atoms with Crippen LogP contribution in [0.1, 0.15) is 25.7 Å². The van der Waals surface area contributed by atoms with Crippen molar-refractivity contribution in [1.82, 2.24) is 19.5 Å². The van der Waals surface area contributed by atoms with Gasteiger partial charge in [-0.3, -0.25) is 4.57 Å². The number of ether oxygens (including phenoxy) is 1. The van der Waals surface area contributed by atoms with E-state index in [4.69, 9.17) is 16.3 Å². The van der Waals surface area contributed by atoms with Crippen molar-refractivity contribution in [2.75, 3.05) is 0 Å².